The molecule has 0 saturated carbocycles. The molecule has 0 aromatic carbocycles. The molecule has 0 bridgehead atoms. The zero-order valence-corrected chi connectivity index (χ0v) is 15.8. The molecule has 2 aromatic heterocycles. The summed E-state index contributed by atoms with van der Waals surface area (Å²) in [5.74, 6) is -4.24. The third-order valence-corrected chi connectivity index (χ3v) is 6.18. The van der Waals surface area contributed by atoms with Crippen LogP contribution in [0.25, 0.3) is 0 Å². The Bertz CT molecular complexity index is 947. The summed E-state index contributed by atoms with van der Waals surface area (Å²) in [5.41, 5.74) is -1.10. The Morgan fingerprint density at radius 1 is 1.17 bits per heavy atom. The number of carbonyl (C=O) groups is 1. The van der Waals surface area contributed by atoms with Crippen molar-refractivity contribution in [1.29, 1.82) is 0 Å². The standard InChI is InChI=1S/C16H15F6N5O2S/c17-15(18,19)7-5-30-14(23-7)27-3-1-6(2-4-27)10-8-9(16(20,21)22)11(28)13(29)24-12(8)26-25-10/h5-6,9,11,28H,1-4H2,(H2,24,25,26,29). The maximum atomic E-state index is 13.6. The Kier molecular flexibility index (Phi) is 4.96. The topological polar surface area (TPSA) is 94.1 Å². The number of hydrogen-bond acceptors (Lipinski definition) is 6. The number of nitrogens with one attached hydrogen (secondary N) is 2. The molecule has 0 spiro atoms. The molecule has 2 aliphatic rings. The van der Waals surface area contributed by atoms with Crippen LogP contribution in [-0.4, -0.2) is 51.6 Å². The van der Waals surface area contributed by atoms with Crippen molar-refractivity contribution in [3.05, 3.63) is 22.3 Å². The van der Waals surface area contributed by atoms with Crippen molar-refractivity contribution in [2.24, 2.45) is 0 Å². The third kappa shape index (κ3) is 3.62. The number of anilines is 2. The first-order chi connectivity index (χ1) is 14.0. The predicted octanol–water partition coefficient (Wildman–Crippen LogP) is 3.23. The van der Waals surface area contributed by atoms with E-state index in [-0.39, 0.29) is 35.3 Å². The molecule has 1 amide bonds. The van der Waals surface area contributed by atoms with E-state index in [1.165, 1.54) is 0 Å². The van der Waals surface area contributed by atoms with Crippen LogP contribution in [0.3, 0.4) is 0 Å². The summed E-state index contributed by atoms with van der Waals surface area (Å²) in [6.45, 7) is 0.573. The number of aromatic nitrogens is 3. The van der Waals surface area contributed by atoms with Crippen LogP contribution in [0.5, 0.6) is 0 Å². The van der Waals surface area contributed by atoms with E-state index >= 15 is 0 Å². The van der Waals surface area contributed by atoms with Crippen LogP contribution in [-0.2, 0) is 11.0 Å². The van der Waals surface area contributed by atoms with Gasteiger partial charge in [0.05, 0.1) is 0 Å². The second kappa shape index (κ2) is 7.11. The lowest BCUT2D eigenvalue weighted by Gasteiger charge is -2.34. The Balaban J connectivity index is 1.54. The molecule has 2 atom stereocenters. The summed E-state index contributed by atoms with van der Waals surface area (Å²) >= 11 is 0.854. The minimum atomic E-state index is -4.86. The van der Waals surface area contributed by atoms with Gasteiger partial charge in [-0.1, -0.05) is 0 Å². The van der Waals surface area contributed by atoms with Crippen molar-refractivity contribution in [3.63, 3.8) is 0 Å². The van der Waals surface area contributed by atoms with Gasteiger partial charge in [-0.15, -0.1) is 11.3 Å². The van der Waals surface area contributed by atoms with Crippen molar-refractivity contribution in [1.82, 2.24) is 15.2 Å². The number of thiazole rings is 1. The summed E-state index contributed by atoms with van der Waals surface area (Å²) < 4.78 is 78.9. The summed E-state index contributed by atoms with van der Waals surface area (Å²) in [7, 11) is 0. The van der Waals surface area contributed by atoms with Crippen LogP contribution >= 0.6 is 11.3 Å². The quantitative estimate of drug-likeness (QED) is 0.605. The molecule has 2 aromatic rings. The first-order valence-corrected chi connectivity index (χ1v) is 9.76. The van der Waals surface area contributed by atoms with Gasteiger partial charge in [0.2, 0.25) is 0 Å². The molecule has 7 nitrogen and oxygen atoms in total. The summed E-state index contributed by atoms with van der Waals surface area (Å²) in [6.07, 6.45) is -11.0. The molecule has 3 N–H and O–H groups in total. The second-order valence-corrected chi connectivity index (χ2v) is 7.96. The van der Waals surface area contributed by atoms with E-state index in [9.17, 15) is 36.2 Å². The fourth-order valence-corrected chi connectivity index (χ4v) is 4.71. The molecule has 0 radical (unpaired) electrons. The normalized spacial score (nSPS) is 23.4. The molecule has 164 valence electrons. The van der Waals surface area contributed by atoms with Crippen LogP contribution in [0, 0.1) is 0 Å². The Labute approximate surface area is 169 Å². The number of alkyl halides is 6. The Morgan fingerprint density at radius 2 is 1.83 bits per heavy atom. The zero-order valence-electron chi connectivity index (χ0n) is 15.0. The fourth-order valence-electron chi connectivity index (χ4n) is 3.83. The third-order valence-electron chi connectivity index (χ3n) is 5.28. The minimum Gasteiger partial charge on any atom is -0.382 e. The largest absolute Gasteiger partial charge is 0.434 e. The van der Waals surface area contributed by atoms with E-state index < -0.39 is 41.9 Å². The van der Waals surface area contributed by atoms with Gasteiger partial charge >= 0.3 is 12.4 Å². The highest BCUT2D eigenvalue weighted by Crippen LogP contribution is 2.47. The number of fused-ring (bicyclic) bond motifs is 1. The van der Waals surface area contributed by atoms with Gasteiger partial charge in [-0.2, -0.15) is 31.4 Å². The summed E-state index contributed by atoms with van der Waals surface area (Å²) in [5, 5.41) is 19.4. The summed E-state index contributed by atoms with van der Waals surface area (Å²) in [4.78, 5) is 16.9. The van der Waals surface area contributed by atoms with Crippen LogP contribution in [0.15, 0.2) is 5.38 Å². The van der Waals surface area contributed by atoms with Gasteiger partial charge in [0.1, 0.15) is 12.0 Å². The van der Waals surface area contributed by atoms with Crippen LogP contribution in [0.1, 0.15) is 41.6 Å². The Morgan fingerprint density at radius 3 is 2.40 bits per heavy atom. The van der Waals surface area contributed by atoms with Crippen molar-refractivity contribution in [2.75, 3.05) is 23.3 Å². The molecular weight excluding hydrogens is 440 g/mol. The van der Waals surface area contributed by atoms with E-state index in [0.717, 1.165) is 16.7 Å². The molecule has 1 fully saturated rings. The fraction of sp³-hybridized carbons (Fsp3) is 0.562. The van der Waals surface area contributed by atoms with Crippen molar-refractivity contribution < 1.29 is 36.2 Å². The maximum absolute atomic E-state index is 13.6. The highest BCUT2D eigenvalue weighted by Gasteiger charge is 2.54. The first kappa shape index (κ1) is 20.9. The second-order valence-electron chi connectivity index (χ2n) is 7.13. The van der Waals surface area contributed by atoms with Crippen LogP contribution < -0.4 is 10.2 Å². The molecule has 2 aliphatic heterocycles. The van der Waals surface area contributed by atoms with E-state index in [1.54, 1.807) is 4.90 Å². The molecule has 2 unspecified atom stereocenters. The number of amides is 1. The molecule has 1 saturated heterocycles. The monoisotopic (exact) mass is 455 g/mol. The number of nitrogens with zero attached hydrogens (tertiary/aromatic N) is 3. The minimum absolute atomic E-state index is 0.168. The number of rotatable bonds is 2. The van der Waals surface area contributed by atoms with E-state index in [0.29, 0.717) is 12.8 Å². The van der Waals surface area contributed by atoms with Gasteiger partial charge in [-0.05, 0) is 12.8 Å². The molecular formula is C16H15F6N5O2S. The smallest absolute Gasteiger partial charge is 0.382 e. The van der Waals surface area contributed by atoms with Gasteiger partial charge in [0.25, 0.3) is 5.91 Å². The molecule has 30 heavy (non-hydrogen) atoms. The van der Waals surface area contributed by atoms with Crippen molar-refractivity contribution in [2.45, 2.75) is 43.1 Å². The van der Waals surface area contributed by atoms with Crippen molar-refractivity contribution >= 4 is 28.2 Å². The van der Waals surface area contributed by atoms with Crippen LogP contribution in [0.2, 0.25) is 0 Å². The highest BCUT2D eigenvalue weighted by atomic mass is 32.1. The first-order valence-electron chi connectivity index (χ1n) is 8.88. The van der Waals surface area contributed by atoms with Crippen molar-refractivity contribution in [3.8, 4) is 0 Å². The Hall–Kier alpha value is -2.35. The van der Waals surface area contributed by atoms with Gasteiger partial charge in [-0.3, -0.25) is 9.89 Å². The SMILES string of the molecule is O=C1Nc2n[nH]c(C3CCN(c4nc(C(F)(F)F)cs4)CC3)c2C(C(F)(F)F)C1O. The number of aromatic amines is 1. The lowest BCUT2D eigenvalue weighted by atomic mass is 9.83. The van der Waals surface area contributed by atoms with E-state index in [1.807, 2.05) is 0 Å². The number of carbonyl (C=O) groups excluding carboxylic acids is 1. The van der Waals surface area contributed by atoms with E-state index in [2.05, 4.69) is 20.5 Å². The molecule has 4 heterocycles. The summed E-state index contributed by atoms with van der Waals surface area (Å²) in [6, 6.07) is 0. The maximum Gasteiger partial charge on any atom is 0.434 e. The number of aliphatic hydroxyl groups is 1. The highest BCUT2D eigenvalue weighted by molar-refractivity contribution is 7.13. The van der Waals surface area contributed by atoms with Gasteiger partial charge in [0, 0.05) is 35.6 Å². The number of aliphatic hydroxyl groups excluding tert-OH is 1. The molecule has 14 heteroatoms. The number of piperidine rings is 1. The number of hydrogen-bond donors (Lipinski definition) is 3. The predicted molar refractivity (Wildman–Crippen MR) is 93.3 cm³/mol. The van der Waals surface area contributed by atoms with Gasteiger partial charge in [0.15, 0.2) is 16.6 Å². The average Bonchev–Trinajstić information content (AvgIpc) is 3.29. The lowest BCUT2D eigenvalue weighted by molar-refractivity contribution is -0.177. The van der Waals surface area contributed by atoms with Crippen LogP contribution in [0.4, 0.5) is 37.3 Å². The zero-order chi connectivity index (χ0) is 21.8. The molecule has 0 aliphatic carbocycles. The molecule has 4 rings (SSSR count). The van der Waals surface area contributed by atoms with Gasteiger partial charge in [-0.25, -0.2) is 4.98 Å². The number of halogens is 6. The van der Waals surface area contributed by atoms with Gasteiger partial charge < -0.3 is 15.3 Å². The lowest BCUT2D eigenvalue weighted by Crippen LogP contribution is -2.44. The van der Waals surface area contributed by atoms with E-state index in [4.69, 9.17) is 0 Å². The average molecular weight is 455 g/mol. The number of H-pyrrole nitrogens is 1.